The van der Waals surface area contributed by atoms with Crippen molar-refractivity contribution in [1.29, 1.82) is 0 Å². The summed E-state index contributed by atoms with van der Waals surface area (Å²) in [5.74, 6) is -0.817. The van der Waals surface area contributed by atoms with Crippen molar-refractivity contribution in [2.24, 2.45) is 0 Å². The maximum atomic E-state index is 14.3. The molecule has 1 heterocycles. The second-order valence-electron chi connectivity index (χ2n) is 7.65. The molecule has 3 aromatic carbocycles. The zero-order chi connectivity index (χ0) is 24.2. The van der Waals surface area contributed by atoms with Crippen LogP contribution in [0.4, 0.5) is 9.18 Å². The Morgan fingerprint density at radius 3 is 2.44 bits per heavy atom. The van der Waals surface area contributed by atoms with E-state index in [-0.39, 0.29) is 17.1 Å². The van der Waals surface area contributed by atoms with Gasteiger partial charge in [-0.25, -0.2) is 9.18 Å². The molecule has 0 spiro atoms. The number of nitrogens with zero attached hydrogens (tertiary/aromatic N) is 2. The zero-order valence-electron chi connectivity index (χ0n) is 17.5. The molecule has 4 aromatic rings. The molecule has 0 saturated heterocycles. The number of alkyl halides is 3. The molecule has 1 amide bonds. The molecular weight excluding hydrogens is 504 g/mol. The highest BCUT2D eigenvalue weighted by atomic mass is 35.6. The van der Waals surface area contributed by atoms with Gasteiger partial charge in [0.25, 0.3) is 0 Å². The molecule has 5 rings (SSSR count). The van der Waals surface area contributed by atoms with Crippen molar-refractivity contribution in [2.45, 2.75) is 9.83 Å². The van der Waals surface area contributed by atoms with Gasteiger partial charge in [0.1, 0.15) is 11.7 Å². The topological polar surface area (TPSA) is 73.2 Å². The van der Waals surface area contributed by atoms with E-state index in [1.807, 2.05) is 0 Å². The summed E-state index contributed by atoms with van der Waals surface area (Å²) in [5.41, 5.74) is 2.70. The summed E-state index contributed by atoms with van der Waals surface area (Å²) in [6.45, 7) is 0. The molecule has 6 nitrogen and oxygen atoms in total. The van der Waals surface area contributed by atoms with E-state index in [4.69, 9.17) is 39.5 Å². The minimum Gasteiger partial charge on any atom is -0.494 e. The van der Waals surface area contributed by atoms with Crippen LogP contribution in [0, 0.1) is 5.82 Å². The molecule has 1 atom stereocenters. The van der Waals surface area contributed by atoms with Crippen LogP contribution >= 0.6 is 34.8 Å². The number of fused-ring (bicyclic) bond motifs is 2. The number of aromatic nitrogens is 2. The number of nitrogens with one attached hydrogen (secondary N) is 1. The first-order valence-electron chi connectivity index (χ1n) is 10.1. The molecule has 10 heteroatoms. The Morgan fingerprint density at radius 2 is 1.76 bits per heavy atom. The van der Waals surface area contributed by atoms with Crippen molar-refractivity contribution in [3.63, 3.8) is 0 Å². The Hall–Kier alpha value is -3.13. The molecule has 1 unspecified atom stereocenters. The fourth-order valence-electron chi connectivity index (χ4n) is 4.14. The van der Waals surface area contributed by atoms with Crippen molar-refractivity contribution >= 4 is 57.5 Å². The van der Waals surface area contributed by atoms with Crippen LogP contribution in [0.3, 0.4) is 0 Å². The lowest BCUT2D eigenvalue weighted by Gasteiger charge is -2.26. The van der Waals surface area contributed by atoms with Gasteiger partial charge < -0.3 is 10.1 Å². The summed E-state index contributed by atoms with van der Waals surface area (Å²) in [5, 5.41) is 7.69. The van der Waals surface area contributed by atoms with Crippen molar-refractivity contribution in [2.75, 3.05) is 7.11 Å². The summed E-state index contributed by atoms with van der Waals surface area (Å²) in [7, 11) is 1.33. The standard InChI is InChI=1S/C24H15Cl3FN3O3/c1-34-18-10-9-12(11-16(18)28)22(24(25,26)27)29-23(33)31-17-8-4-7-15-19(17)20(30-31)13-5-2-3-6-14(13)21(15)32/h2-11,22H,1H3,(H,29,33). The number of hydrogen-bond acceptors (Lipinski definition) is 4. The Balaban J connectivity index is 1.60. The fraction of sp³-hybridized carbons (Fsp3) is 0.125. The molecule has 0 aliphatic heterocycles. The second kappa shape index (κ2) is 8.27. The number of benzene rings is 3. The summed E-state index contributed by atoms with van der Waals surface area (Å²) in [4.78, 5) is 26.4. The van der Waals surface area contributed by atoms with Gasteiger partial charge in [0.05, 0.1) is 12.6 Å². The van der Waals surface area contributed by atoms with E-state index in [2.05, 4.69) is 10.4 Å². The Bertz CT molecular complexity index is 1480. The van der Waals surface area contributed by atoms with E-state index >= 15 is 0 Å². The van der Waals surface area contributed by atoms with Crippen LogP contribution in [-0.4, -0.2) is 32.5 Å². The van der Waals surface area contributed by atoms with Crippen LogP contribution in [0.1, 0.15) is 27.5 Å². The van der Waals surface area contributed by atoms with Crippen molar-refractivity contribution in [1.82, 2.24) is 15.1 Å². The predicted molar refractivity (Wildman–Crippen MR) is 129 cm³/mol. The average Bonchev–Trinajstić information content (AvgIpc) is 3.21. The van der Waals surface area contributed by atoms with E-state index in [0.717, 1.165) is 10.7 Å². The van der Waals surface area contributed by atoms with Crippen molar-refractivity contribution < 1.29 is 18.7 Å². The third-order valence-corrected chi connectivity index (χ3v) is 6.33. The number of ether oxygens (including phenoxy) is 1. The van der Waals surface area contributed by atoms with Gasteiger partial charge in [0.15, 0.2) is 17.3 Å². The van der Waals surface area contributed by atoms with Crippen LogP contribution in [0.2, 0.25) is 0 Å². The molecule has 0 saturated carbocycles. The minimum absolute atomic E-state index is 0.00936. The van der Waals surface area contributed by atoms with Gasteiger partial charge in [-0.15, -0.1) is 0 Å². The number of rotatable bonds is 3. The summed E-state index contributed by atoms with van der Waals surface area (Å²) in [6, 6.07) is 14.2. The molecule has 0 fully saturated rings. The van der Waals surface area contributed by atoms with Gasteiger partial charge in [-0.3, -0.25) is 4.79 Å². The molecule has 172 valence electrons. The van der Waals surface area contributed by atoms with Crippen LogP contribution in [0.15, 0.2) is 60.7 Å². The highest BCUT2D eigenvalue weighted by molar-refractivity contribution is 6.68. The Kier molecular flexibility index (Phi) is 5.51. The molecule has 0 bridgehead atoms. The lowest BCUT2D eigenvalue weighted by Crippen LogP contribution is -2.39. The van der Waals surface area contributed by atoms with E-state index in [1.54, 1.807) is 42.5 Å². The van der Waals surface area contributed by atoms with Crippen molar-refractivity contribution in [3.05, 3.63) is 83.2 Å². The third-order valence-electron chi connectivity index (χ3n) is 5.68. The van der Waals surface area contributed by atoms with Gasteiger partial charge in [0, 0.05) is 22.1 Å². The van der Waals surface area contributed by atoms with Crippen LogP contribution in [0.5, 0.6) is 5.75 Å². The predicted octanol–water partition coefficient (Wildman–Crippen LogP) is 6.06. The number of carbonyl (C=O) groups is 2. The highest BCUT2D eigenvalue weighted by Gasteiger charge is 2.37. The number of methoxy groups -OCH3 is 1. The molecule has 1 aliphatic carbocycles. The van der Waals surface area contributed by atoms with Crippen LogP contribution in [0.25, 0.3) is 22.2 Å². The Morgan fingerprint density at radius 1 is 1.06 bits per heavy atom. The largest absolute Gasteiger partial charge is 0.494 e. The fourth-order valence-corrected chi connectivity index (χ4v) is 4.68. The maximum absolute atomic E-state index is 14.3. The number of ketones is 1. The lowest BCUT2D eigenvalue weighted by molar-refractivity contribution is 0.104. The summed E-state index contributed by atoms with van der Waals surface area (Å²) >= 11 is 18.5. The molecule has 34 heavy (non-hydrogen) atoms. The smallest absolute Gasteiger partial charge is 0.343 e. The first kappa shape index (κ1) is 22.7. The SMILES string of the molecule is COc1ccc(C(NC(=O)n2nc3c4c(cccc42)C(=O)c2ccccc2-3)C(Cl)(Cl)Cl)cc1F. The van der Waals surface area contributed by atoms with Gasteiger partial charge in [-0.05, 0) is 23.8 Å². The van der Waals surface area contributed by atoms with Crippen LogP contribution in [-0.2, 0) is 0 Å². The van der Waals surface area contributed by atoms with E-state index in [0.29, 0.717) is 33.3 Å². The number of hydrogen-bond donors (Lipinski definition) is 1. The molecule has 1 aromatic heterocycles. The molecule has 0 radical (unpaired) electrons. The maximum Gasteiger partial charge on any atom is 0.343 e. The van der Waals surface area contributed by atoms with Gasteiger partial charge >= 0.3 is 6.03 Å². The van der Waals surface area contributed by atoms with E-state index in [1.165, 1.54) is 19.2 Å². The number of amides is 1. The molecule has 1 aliphatic rings. The minimum atomic E-state index is -2.01. The van der Waals surface area contributed by atoms with Gasteiger partial charge in [-0.2, -0.15) is 9.78 Å². The first-order chi connectivity index (χ1) is 16.2. The Labute approximate surface area is 208 Å². The van der Waals surface area contributed by atoms with E-state index < -0.39 is 21.7 Å². The first-order valence-corrected chi connectivity index (χ1v) is 11.2. The zero-order valence-corrected chi connectivity index (χ0v) is 19.7. The average molecular weight is 519 g/mol. The monoisotopic (exact) mass is 517 g/mol. The highest BCUT2D eigenvalue weighted by Crippen LogP contribution is 2.42. The molecule has 1 N–H and O–H groups in total. The van der Waals surface area contributed by atoms with Crippen molar-refractivity contribution in [3.8, 4) is 17.0 Å². The normalized spacial score (nSPS) is 13.5. The number of halogens is 4. The number of carbonyl (C=O) groups excluding carboxylic acids is 2. The third kappa shape index (κ3) is 3.60. The quantitative estimate of drug-likeness (QED) is 0.295. The van der Waals surface area contributed by atoms with Gasteiger partial charge in [0.2, 0.25) is 3.79 Å². The van der Waals surface area contributed by atoms with Crippen LogP contribution < -0.4 is 10.1 Å². The second-order valence-corrected chi connectivity index (χ2v) is 10.0. The van der Waals surface area contributed by atoms with Gasteiger partial charge in [-0.1, -0.05) is 77.3 Å². The van der Waals surface area contributed by atoms with E-state index in [9.17, 15) is 14.0 Å². The molecular formula is C24H15Cl3FN3O3. The lowest BCUT2D eigenvalue weighted by atomic mass is 9.87. The summed E-state index contributed by atoms with van der Waals surface area (Å²) in [6.07, 6.45) is 0. The summed E-state index contributed by atoms with van der Waals surface area (Å²) < 4.78 is 18.4.